The molecule has 2 aromatic carbocycles. The van der Waals surface area contributed by atoms with Crippen molar-refractivity contribution in [1.82, 2.24) is 0 Å². The Morgan fingerprint density at radius 2 is 2.09 bits per heavy atom. The second-order valence-corrected chi connectivity index (χ2v) is 5.90. The van der Waals surface area contributed by atoms with E-state index >= 15 is 0 Å². The van der Waals surface area contributed by atoms with Crippen LogP contribution in [0.5, 0.6) is 5.75 Å². The average Bonchev–Trinajstić information content (AvgIpc) is 2.51. The van der Waals surface area contributed by atoms with Gasteiger partial charge in [0.05, 0.1) is 16.6 Å². The molecule has 1 aliphatic rings. The van der Waals surface area contributed by atoms with Crippen molar-refractivity contribution in [3.63, 3.8) is 0 Å². The summed E-state index contributed by atoms with van der Waals surface area (Å²) in [5, 5.41) is 3.11. The summed E-state index contributed by atoms with van der Waals surface area (Å²) < 4.78 is 19.4. The lowest BCUT2D eigenvalue weighted by atomic mass is 9.96. The van der Waals surface area contributed by atoms with E-state index < -0.39 is 11.7 Å². The summed E-state index contributed by atoms with van der Waals surface area (Å²) in [7, 11) is 0. The van der Waals surface area contributed by atoms with E-state index in [0.717, 1.165) is 11.3 Å². The first-order chi connectivity index (χ1) is 10.5. The number of hydrogen-bond donors (Lipinski definition) is 1. The van der Waals surface area contributed by atoms with Gasteiger partial charge in [-0.3, -0.25) is 4.79 Å². The van der Waals surface area contributed by atoms with E-state index in [4.69, 9.17) is 27.9 Å². The van der Waals surface area contributed by atoms with Crippen LogP contribution in [-0.2, 0) is 11.2 Å². The van der Waals surface area contributed by atoms with Crippen LogP contribution >= 0.6 is 23.2 Å². The second kappa shape index (κ2) is 6.15. The molecule has 0 saturated heterocycles. The van der Waals surface area contributed by atoms with Gasteiger partial charge in [0, 0.05) is 5.02 Å². The summed E-state index contributed by atoms with van der Waals surface area (Å²) in [6.07, 6.45) is 0.490. The van der Waals surface area contributed by atoms with Gasteiger partial charge in [-0.25, -0.2) is 4.39 Å². The van der Waals surface area contributed by atoms with E-state index in [1.54, 1.807) is 24.3 Å². The molecule has 0 aliphatic carbocycles. The van der Waals surface area contributed by atoms with Crippen molar-refractivity contribution in [2.24, 2.45) is 5.92 Å². The zero-order chi connectivity index (χ0) is 15.7. The van der Waals surface area contributed by atoms with Crippen LogP contribution in [0.25, 0.3) is 0 Å². The Kier molecular flexibility index (Phi) is 4.23. The standard InChI is InChI=1S/C16H12Cl2FNO2/c17-11-4-5-14-9(7-11)6-10(8-22-14)16(21)20-13-3-1-2-12(18)15(13)19/h1-5,7,10H,6,8H2,(H,20,21)/t10-/m1/s1. The molecule has 0 aromatic heterocycles. The van der Waals surface area contributed by atoms with Crippen LogP contribution in [0.3, 0.4) is 0 Å². The van der Waals surface area contributed by atoms with Gasteiger partial charge in [0.15, 0.2) is 5.82 Å². The molecular formula is C16H12Cl2FNO2. The van der Waals surface area contributed by atoms with Crippen LogP contribution < -0.4 is 10.1 Å². The highest BCUT2D eigenvalue weighted by Gasteiger charge is 2.27. The van der Waals surface area contributed by atoms with E-state index in [1.165, 1.54) is 12.1 Å². The van der Waals surface area contributed by atoms with Gasteiger partial charge < -0.3 is 10.1 Å². The van der Waals surface area contributed by atoms with Gasteiger partial charge in [-0.05, 0) is 42.3 Å². The van der Waals surface area contributed by atoms with Gasteiger partial charge in [-0.1, -0.05) is 29.3 Å². The van der Waals surface area contributed by atoms with Crippen LogP contribution in [0, 0.1) is 11.7 Å². The first kappa shape index (κ1) is 15.1. The minimum Gasteiger partial charge on any atom is -0.492 e. The molecule has 0 bridgehead atoms. The Hall–Kier alpha value is -1.78. The van der Waals surface area contributed by atoms with Crippen molar-refractivity contribution in [2.75, 3.05) is 11.9 Å². The number of benzene rings is 2. The molecule has 22 heavy (non-hydrogen) atoms. The highest BCUT2D eigenvalue weighted by Crippen LogP contribution is 2.30. The monoisotopic (exact) mass is 339 g/mol. The van der Waals surface area contributed by atoms with Gasteiger partial charge in [-0.2, -0.15) is 0 Å². The maximum absolute atomic E-state index is 13.8. The van der Waals surface area contributed by atoms with Gasteiger partial charge in [0.25, 0.3) is 0 Å². The van der Waals surface area contributed by atoms with E-state index in [-0.39, 0.29) is 23.2 Å². The van der Waals surface area contributed by atoms with E-state index in [2.05, 4.69) is 5.32 Å². The summed E-state index contributed by atoms with van der Waals surface area (Å²) in [4.78, 5) is 12.3. The average molecular weight is 340 g/mol. The highest BCUT2D eigenvalue weighted by atomic mass is 35.5. The molecule has 1 N–H and O–H groups in total. The fraction of sp³-hybridized carbons (Fsp3) is 0.188. The van der Waals surface area contributed by atoms with Crippen LogP contribution in [0.15, 0.2) is 36.4 Å². The van der Waals surface area contributed by atoms with E-state index in [1.807, 2.05) is 0 Å². The number of carbonyl (C=O) groups excluding carboxylic acids is 1. The molecule has 1 atom stereocenters. The highest BCUT2D eigenvalue weighted by molar-refractivity contribution is 6.31. The molecule has 0 unspecified atom stereocenters. The van der Waals surface area contributed by atoms with Crippen molar-refractivity contribution < 1.29 is 13.9 Å². The number of anilines is 1. The Bertz CT molecular complexity index is 736. The number of halogens is 3. The Labute approximate surface area is 137 Å². The number of nitrogens with one attached hydrogen (secondary N) is 1. The largest absolute Gasteiger partial charge is 0.492 e. The zero-order valence-electron chi connectivity index (χ0n) is 11.4. The molecule has 1 heterocycles. The lowest BCUT2D eigenvalue weighted by molar-refractivity contribution is -0.121. The van der Waals surface area contributed by atoms with Gasteiger partial charge >= 0.3 is 0 Å². The molecular weight excluding hydrogens is 328 g/mol. The van der Waals surface area contributed by atoms with Crippen molar-refractivity contribution in [3.05, 3.63) is 57.8 Å². The minimum absolute atomic E-state index is 0.0326. The fourth-order valence-corrected chi connectivity index (χ4v) is 2.74. The van der Waals surface area contributed by atoms with Crippen molar-refractivity contribution in [3.8, 4) is 5.75 Å². The molecule has 1 amide bonds. The Morgan fingerprint density at radius 1 is 1.27 bits per heavy atom. The number of ether oxygens (including phenoxy) is 1. The van der Waals surface area contributed by atoms with Crippen LogP contribution in [-0.4, -0.2) is 12.5 Å². The molecule has 114 valence electrons. The first-order valence-corrected chi connectivity index (χ1v) is 7.46. The molecule has 0 saturated carbocycles. The van der Waals surface area contributed by atoms with Gasteiger partial charge in [0.2, 0.25) is 5.91 Å². The molecule has 1 aliphatic heterocycles. The van der Waals surface area contributed by atoms with Crippen LogP contribution in [0.2, 0.25) is 10.0 Å². The van der Waals surface area contributed by atoms with Gasteiger partial charge in [-0.15, -0.1) is 0 Å². The predicted octanol–water partition coefficient (Wildman–Crippen LogP) is 4.32. The molecule has 3 rings (SSSR count). The number of hydrogen-bond acceptors (Lipinski definition) is 2. The normalized spacial score (nSPS) is 16.6. The number of fused-ring (bicyclic) bond motifs is 1. The fourth-order valence-electron chi connectivity index (χ4n) is 2.37. The molecule has 0 fully saturated rings. The number of carbonyl (C=O) groups is 1. The first-order valence-electron chi connectivity index (χ1n) is 6.70. The lowest BCUT2D eigenvalue weighted by Gasteiger charge is -2.24. The quantitative estimate of drug-likeness (QED) is 0.884. The van der Waals surface area contributed by atoms with Crippen molar-refractivity contribution in [2.45, 2.75) is 6.42 Å². The minimum atomic E-state index is -0.641. The summed E-state index contributed by atoms with van der Waals surface area (Å²) in [6, 6.07) is 9.76. The van der Waals surface area contributed by atoms with E-state index in [9.17, 15) is 9.18 Å². The molecule has 3 nitrogen and oxygen atoms in total. The molecule has 2 aromatic rings. The molecule has 0 radical (unpaired) electrons. The summed E-state index contributed by atoms with van der Waals surface area (Å²) in [6.45, 7) is 0.239. The summed E-state index contributed by atoms with van der Waals surface area (Å²) in [5.41, 5.74) is 0.930. The third-order valence-corrected chi connectivity index (χ3v) is 4.04. The predicted molar refractivity (Wildman–Crippen MR) is 84.2 cm³/mol. The Morgan fingerprint density at radius 3 is 2.91 bits per heavy atom. The van der Waals surface area contributed by atoms with E-state index in [0.29, 0.717) is 11.4 Å². The third-order valence-electron chi connectivity index (χ3n) is 3.51. The van der Waals surface area contributed by atoms with Gasteiger partial charge in [0.1, 0.15) is 12.4 Å². The second-order valence-electron chi connectivity index (χ2n) is 5.05. The lowest BCUT2D eigenvalue weighted by Crippen LogP contribution is -2.32. The van der Waals surface area contributed by atoms with Crippen molar-refractivity contribution >= 4 is 34.8 Å². The molecule has 6 heteroatoms. The zero-order valence-corrected chi connectivity index (χ0v) is 12.9. The SMILES string of the molecule is O=C(Nc1cccc(Cl)c1F)[C@H]1COc2ccc(Cl)cc2C1. The van der Waals surface area contributed by atoms with Crippen molar-refractivity contribution in [1.29, 1.82) is 0 Å². The smallest absolute Gasteiger partial charge is 0.231 e. The topological polar surface area (TPSA) is 38.3 Å². The summed E-state index contributed by atoms with van der Waals surface area (Å²) in [5.74, 6) is -0.642. The summed E-state index contributed by atoms with van der Waals surface area (Å²) >= 11 is 11.7. The Balaban J connectivity index is 1.75. The molecule has 0 spiro atoms. The van der Waals surface area contributed by atoms with Crippen LogP contribution in [0.4, 0.5) is 10.1 Å². The maximum Gasteiger partial charge on any atom is 0.231 e. The van der Waals surface area contributed by atoms with Crippen LogP contribution in [0.1, 0.15) is 5.56 Å². The third kappa shape index (κ3) is 3.03. The number of amides is 1. The number of rotatable bonds is 2. The maximum atomic E-state index is 13.8.